The first-order valence-electron chi connectivity index (χ1n) is 8.72. The maximum Gasteiger partial charge on any atom is 0.222 e. The van der Waals surface area contributed by atoms with Crippen LogP contribution in [0, 0.1) is 0 Å². The van der Waals surface area contributed by atoms with Crippen molar-refractivity contribution in [3.05, 3.63) is 47.9 Å². The molecule has 4 heterocycles. The number of hydrogen-bond donors (Lipinski definition) is 2. The number of fused-ring (bicyclic) bond motifs is 2. The number of benzene rings is 1. The van der Waals surface area contributed by atoms with E-state index in [2.05, 4.69) is 48.7 Å². The van der Waals surface area contributed by atoms with Crippen molar-refractivity contribution < 1.29 is 0 Å². The number of thiazole rings is 1. The maximum absolute atomic E-state index is 4.87. The van der Waals surface area contributed by atoms with E-state index in [4.69, 9.17) is 4.98 Å². The van der Waals surface area contributed by atoms with Crippen LogP contribution in [0.25, 0.3) is 38.6 Å². The molecule has 0 aliphatic rings. The molecule has 1 aromatic carbocycles. The molecule has 0 spiro atoms. The molecule has 2 N–H and O–H groups in total. The highest BCUT2D eigenvalue weighted by Crippen LogP contribution is 2.34. The Labute approximate surface area is 159 Å². The fraction of sp³-hybridized carbons (Fsp3) is 0.158. The molecular weight excluding hydrogens is 358 g/mol. The van der Waals surface area contributed by atoms with Gasteiger partial charge in [0.25, 0.3) is 0 Å². The number of hydrogen-bond acceptors (Lipinski definition) is 6. The van der Waals surface area contributed by atoms with Gasteiger partial charge in [0.2, 0.25) is 5.95 Å². The molecule has 5 rings (SSSR count). The quantitative estimate of drug-likeness (QED) is 0.496. The molecule has 0 atom stereocenters. The predicted molar refractivity (Wildman–Crippen MR) is 108 cm³/mol. The van der Waals surface area contributed by atoms with Gasteiger partial charge in [-0.2, -0.15) is 0 Å². The summed E-state index contributed by atoms with van der Waals surface area (Å²) in [6.07, 6.45) is 4.66. The van der Waals surface area contributed by atoms with Gasteiger partial charge in [0.15, 0.2) is 4.96 Å². The molecule has 27 heavy (non-hydrogen) atoms. The summed E-state index contributed by atoms with van der Waals surface area (Å²) >= 11 is 1.61. The Kier molecular flexibility index (Phi) is 3.64. The van der Waals surface area contributed by atoms with Crippen molar-refractivity contribution in [2.45, 2.75) is 13.3 Å². The van der Waals surface area contributed by atoms with Gasteiger partial charge in [0.05, 0.1) is 22.4 Å². The van der Waals surface area contributed by atoms with Crippen LogP contribution in [0.15, 0.2) is 42.0 Å². The first-order valence-corrected chi connectivity index (χ1v) is 9.60. The molecule has 0 aliphatic carbocycles. The summed E-state index contributed by atoms with van der Waals surface area (Å²) < 4.78 is 2.08. The zero-order valence-electron chi connectivity index (χ0n) is 14.9. The summed E-state index contributed by atoms with van der Waals surface area (Å²) in [5.74, 6) is 1.57. The summed E-state index contributed by atoms with van der Waals surface area (Å²) in [5.41, 5.74) is 5.71. The fourth-order valence-corrected chi connectivity index (χ4v) is 3.93. The number of anilines is 1. The summed E-state index contributed by atoms with van der Waals surface area (Å²) in [6, 6.07) is 8.13. The average molecular weight is 375 g/mol. The van der Waals surface area contributed by atoms with Crippen molar-refractivity contribution in [3.8, 4) is 22.6 Å². The molecular formula is C19H17N7S. The maximum atomic E-state index is 4.87. The molecule has 0 amide bonds. The van der Waals surface area contributed by atoms with Gasteiger partial charge in [-0.25, -0.2) is 19.9 Å². The number of H-pyrrole nitrogens is 1. The van der Waals surface area contributed by atoms with Crippen molar-refractivity contribution in [1.29, 1.82) is 0 Å². The standard InChI is InChI=1S/C19H17N7S/c1-3-15-22-12-5-4-11(10-14(12)23-15)16-17(26-8-9-27-19(26)25-16)13-6-7-21-18(20-2)24-13/h4-10H,3H2,1-2H3,(H,22,23)(H,20,21,24). The zero-order valence-corrected chi connectivity index (χ0v) is 15.7. The molecule has 0 bridgehead atoms. The zero-order chi connectivity index (χ0) is 18.4. The smallest absolute Gasteiger partial charge is 0.222 e. The number of aromatic amines is 1. The largest absolute Gasteiger partial charge is 0.357 e. The highest BCUT2D eigenvalue weighted by Gasteiger charge is 2.19. The molecule has 0 saturated heterocycles. The van der Waals surface area contributed by atoms with Gasteiger partial charge in [-0.3, -0.25) is 4.40 Å². The average Bonchev–Trinajstić information content (AvgIpc) is 3.40. The van der Waals surface area contributed by atoms with E-state index in [0.29, 0.717) is 5.95 Å². The van der Waals surface area contributed by atoms with Crippen LogP contribution in [0.3, 0.4) is 0 Å². The number of aromatic nitrogens is 6. The van der Waals surface area contributed by atoms with Crippen molar-refractivity contribution in [2.24, 2.45) is 0 Å². The molecule has 4 aromatic heterocycles. The first kappa shape index (κ1) is 16.0. The van der Waals surface area contributed by atoms with E-state index in [-0.39, 0.29) is 0 Å². The minimum Gasteiger partial charge on any atom is -0.357 e. The van der Waals surface area contributed by atoms with Crippen molar-refractivity contribution in [3.63, 3.8) is 0 Å². The topological polar surface area (TPSA) is 83.8 Å². The molecule has 0 aliphatic heterocycles. The van der Waals surface area contributed by atoms with E-state index in [1.807, 2.05) is 30.8 Å². The predicted octanol–water partition coefficient (Wildman–Crippen LogP) is 4.00. The Morgan fingerprint density at radius 2 is 2.11 bits per heavy atom. The van der Waals surface area contributed by atoms with Crippen LogP contribution in [0.5, 0.6) is 0 Å². The van der Waals surface area contributed by atoms with Gasteiger partial charge >= 0.3 is 0 Å². The monoisotopic (exact) mass is 375 g/mol. The third-order valence-electron chi connectivity index (χ3n) is 4.52. The van der Waals surface area contributed by atoms with Crippen LogP contribution in [-0.2, 0) is 6.42 Å². The van der Waals surface area contributed by atoms with Gasteiger partial charge in [0, 0.05) is 36.8 Å². The van der Waals surface area contributed by atoms with E-state index < -0.39 is 0 Å². The first-order chi connectivity index (χ1) is 13.3. The van der Waals surface area contributed by atoms with E-state index in [1.54, 1.807) is 17.5 Å². The Balaban J connectivity index is 1.74. The SMILES string of the molecule is CCc1nc2ccc(-c3nc4sccn4c3-c3ccnc(NC)n3)cc2[nH]1. The second-order valence-corrected chi connectivity index (χ2v) is 7.02. The van der Waals surface area contributed by atoms with Gasteiger partial charge in [0.1, 0.15) is 11.5 Å². The molecule has 0 saturated carbocycles. The normalized spacial score (nSPS) is 11.5. The van der Waals surface area contributed by atoms with Crippen molar-refractivity contribution in [1.82, 2.24) is 29.3 Å². The van der Waals surface area contributed by atoms with Gasteiger partial charge < -0.3 is 10.3 Å². The summed E-state index contributed by atoms with van der Waals surface area (Å²) in [4.78, 5) is 22.6. The molecule has 7 nitrogen and oxygen atoms in total. The Hall–Kier alpha value is -3.26. The summed E-state index contributed by atoms with van der Waals surface area (Å²) in [6.45, 7) is 2.09. The molecule has 0 fully saturated rings. The lowest BCUT2D eigenvalue weighted by atomic mass is 10.1. The number of rotatable bonds is 4. The third-order valence-corrected chi connectivity index (χ3v) is 5.28. The summed E-state index contributed by atoms with van der Waals surface area (Å²) in [7, 11) is 1.81. The van der Waals surface area contributed by atoms with Crippen LogP contribution in [-0.4, -0.2) is 36.4 Å². The van der Waals surface area contributed by atoms with Crippen LogP contribution < -0.4 is 5.32 Å². The number of nitrogens with zero attached hydrogens (tertiary/aromatic N) is 5. The molecule has 134 valence electrons. The lowest BCUT2D eigenvalue weighted by Gasteiger charge is -2.06. The minimum atomic E-state index is 0.584. The Bertz CT molecular complexity index is 1260. The number of imidazole rings is 2. The second kappa shape index (κ2) is 6.17. The Morgan fingerprint density at radius 1 is 1.19 bits per heavy atom. The van der Waals surface area contributed by atoms with Crippen LogP contribution in [0.2, 0.25) is 0 Å². The van der Waals surface area contributed by atoms with E-state index in [0.717, 1.165) is 50.9 Å². The van der Waals surface area contributed by atoms with Crippen LogP contribution >= 0.6 is 11.3 Å². The molecule has 0 radical (unpaired) electrons. The van der Waals surface area contributed by atoms with E-state index in [1.165, 1.54) is 0 Å². The highest BCUT2D eigenvalue weighted by atomic mass is 32.1. The van der Waals surface area contributed by atoms with Crippen molar-refractivity contribution >= 4 is 33.3 Å². The van der Waals surface area contributed by atoms with Crippen LogP contribution in [0.1, 0.15) is 12.7 Å². The lowest BCUT2D eigenvalue weighted by molar-refractivity contribution is 1.00. The van der Waals surface area contributed by atoms with Gasteiger partial charge in [-0.1, -0.05) is 13.0 Å². The summed E-state index contributed by atoms with van der Waals surface area (Å²) in [5, 5.41) is 5.03. The Morgan fingerprint density at radius 3 is 2.96 bits per heavy atom. The van der Waals surface area contributed by atoms with Gasteiger partial charge in [-0.15, -0.1) is 11.3 Å². The molecule has 5 aromatic rings. The number of nitrogens with one attached hydrogen (secondary N) is 2. The van der Waals surface area contributed by atoms with E-state index >= 15 is 0 Å². The van der Waals surface area contributed by atoms with Crippen molar-refractivity contribution in [2.75, 3.05) is 12.4 Å². The molecule has 0 unspecified atom stereocenters. The number of aryl methyl sites for hydroxylation is 1. The lowest BCUT2D eigenvalue weighted by Crippen LogP contribution is -1.98. The van der Waals surface area contributed by atoms with Gasteiger partial charge in [-0.05, 0) is 18.2 Å². The fourth-order valence-electron chi connectivity index (χ4n) is 3.22. The second-order valence-electron chi connectivity index (χ2n) is 6.15. The minimum absolute atomic E-state index is 0.584. The molecule has 8 heteroatoms. The third kappa shape index (κ3) is 2.57. The van der Waals surface area contributed by atoms with Crippen LogP contribution in [0.4, 0.5) is 5.95 Å². The van der Waals surface area contributed by atoms with E-state index in [9.17, 15) is 0 Å². The highest BCUT2D eigenvalue weighted by molar-refractivity contribution is 7.15.